The number of nitrogens with zero attached hydrogens (tertiary/aromatic N) is 1. The first-order chi connectivity index (χ1) is 11.2. The molecule has 0 aliphatic heterocycles. The van der Waals surface area contributed by atoms with Crippen molar-refractivity contribution in [1.29, 1.82) is 0 Å². The molecule has 1 aromatic heterocycles. The molecule has 1 aliphatic carbocycles. The number of hydrogen-bond donors (Lipinski definition) is 2. The summed E-state index contributed by atoms with van der Waals surface area (Å²) in [6.45, 7) is 0.769. The van der Waals surface area contributed by atoms with E-state index in [4.69, 9.17) is 0 Å². The van der Waals surface area contributed by atoms with Crippen LogP contribution in [-0.2, 0) is 6.42 Å². The fourth-order valence-corrected chi connectivity index (χ4v) is 3.38. The van der Waals surface area contributed by atoms with Gasteiger partial charge in [-0.15, -0.1) is 35.3 Å². The smallest absolute Gasteiger partial charge is 0.191 e. The van der Waals surface area contributed by atoms with Gasteiger partial charge in [0.2, 0.25) is 0 Å². The van der Waals surface area contributed by atoms with E-state index in [9.17, 15) is 8.78 Å². The standard InChI is InChI=1S/C17H19F2N3S.HI/c1-20-17(21-8-7-11-4-3-9-23-11)22-15-10-12(15)16-13(18)5-2-6-14(16)19;/h2-6,9,12,15H,7-8,10H2,1H3,(H2,20,21,22);1H. The van der Waals surface area contributed by atoms with Gasteiger partial charge in [-0.3, -0.25) is 4.99 Å². The largest absolute Gasteiger partial charge is 0.356 e. The summed E-state index contributed by atoms with van der Waals surface area (Å²) in [6, 6.07) is 8.16. The zero-order chi connectivity index (χ0) is 16.2. The van der Waals surface area contributed by atoms with E-state index in [1.54, 1.807) is 18.4 Å². The molecule has 1 heterocycles. The highest BCUT2D eigenvalue weighted by atomic mass is 127. The highest BCUT2D eigenvalue weighted by molar-refractivity contribution is 14.0. The van der Waals surface area contributed by atoms with Gasteiger partial charge in [-0.25, -0.2) is 8.78 Å². The molecule has 1 aromatic carbocycles. The van der Waals surface area contributed by atoms with Crippen LogP contribution in [0, 0.1) is 11.6 Å². The topological polar surface area (TPSA) is 36.4 Å². The van der Waals surface area contributed by atoms with E-state index in [1.165, 1.54) is 23.1 Å². The molecule has 3 rings (SSSR count). The number of thiophene rings is 1. The molecule has 0 saturated heterocycles. The number of halogens is 3. The van der Waals surface area contributed by atoms with Crippen LogP contribution in [0.2, 0.25) is 0 Å². The van der Waals surface area contributed by atoms with E-state index >= 15 is 0 Å². The summed E-state index contributed by atoms with van der Waals surface area (Å²) in [6.07, 6.45) is 1.64. The summed E-state index contributed by atoms with van der Waals surface area (Å²) in [4.78, 5) is 5.48. The lowest BCUT2D eigenvalue weighted by Gasteiger charge is -2.12. The quantitative estimate of drug-likeness (QED) is 0.401. The Labute approximate surface area is 161 Å². The van der Waals surface area contributed by atoms with E-state index in [-0.39, 0.29) is 41.5 Å². The fraction of sp³-hybridized carbons (Fsp3) is 0.353. The average Bonchev–Trinajstić information content (AvgIpc) is 3.07. The van der Waals surface area contributed by atoms with Gasteiger partial charge in [0.25, 0.3) is 0 Å². The second kappa shape index (κ2) is 8.75. The van der Waals surface area contributed by atoms with Gasteiger partial charge in [-0.2, -0.15) is 0 Å². The summed E-state index contributed by atoms with van der Waals surface area (Å²) in [5.74, 6) is -0.405. The second-order valence-electron chi connectivity index (χ2n) is 5.56. The molecular formula is C17H20F2IN3S. The van der Waals surface area contributed by atoms with E-state index in [0.29, 0.717) is 12.4 Å². The Kier molecular flexibility index (Phi) is 6.97. The van der Waals surface area contributed by atoms with Gasteiger partial charge >= 0.3 is 0 Å². The van der Waals surface area contributed by atoms with Crippen LogP contribution in [0.5, 0.6) is 0 Å². The van der Waals surface area contributed by atoms with Gasteiger partial charge in [0.15, 0.2) is 5.96 Å². The number of aliphatic imine (C=N–C) groups is 1. The number of nitrogens with one attached hydrogen (secondary N) is 2. The van der Waals surface area contributed by atoms with Crippen LogP contribution in [0.4, 0.5) is 8.78 Å². The summed E-state index contributed by atoms with van der Waals surface area (Å²) < 4.78 is 27.6. The number of hydrogen-bond acceptors (Lipinski definition) is 2. The van der Waals surface area contributed by atoms with Crippen molar-refractivity contribution >= 4 is 41.3 Å². The number of benzene rings is 1. The molecule has 0 spiro atoms. The predicted octanol–water partition coefficient (Wildman–Crippen LogP) is 3.91. The minimum absolute atomic E-state index is 0. The van der Waals surface area contributed by atoms with Gasteiger partial charge in [0.1, 0.15) is 11.6 Å². The summed E-state index contributed by atoms with van der Waals surface area (Å²) in [7, 11) is 1.70. The zero-order valence-electron chi connectivity index (χ0n) is 13.3. The molecule has 2 N–H and O–H groups in total. The van der Waals surface area contributed by atoms with Gasteiger partial charge in [-0.1, -0.05) is 12.1 Å². The van der Waals surface area contributed by atoms with Gasteiger partial charge < -0.3 is 10.6 Å². The fourth-order valence-electron chi connectivity index (χ4n) is 2.67. The van der Waals surface area contributed by atoms with Crippen LogP contribution < -0.4 is 10.6 Å². The number of rotatable bonds is 5. The predicted molar refractivity (Wildman–Crippen MR) is 105 cm³/mol. The van der Waals surface area contributed by atoms with E-state index in [1.807, 2.05) is 6.07 Å². The van der Waals surface area contributed by atoms with E-state index in [0.717, 1.165) is 13.0 Å². The Bertz CT molecular complexity index is 671. The maximum Gasteiger partial charge on any atom is 0.191 e. The second-order valence-corrected chi connectivity index (χ2v) is 6.59. The Morgan fingerprint density at radius 1 is 1.25 bits per heavy atom. The van der Waals surface area contributed by atoms with Crippen LogP contribution in [0.15, 0.2) is 40.7 Å². The molecular weight excluding hydrogens is 443 g/mol. The summed E-state index contributed by atoms with van der Waals surface area (Å²) in [5.41, 5.74) is 0.180. The van der Waals surface area contributed by atoms with Crippen molar-refractivity contribution in [3.8, 4) is 0 Å². The SMILES string of the molecule is CN=C(NCCc1cccs1)NC1CC1c1c(F)cccc1F.I. The maximum absolute atomic E-state index is 13.8. The third kappa shape index (κ3) is 4.66. The normalized spacial score (nSPS) is 19.5. The molecule has 7 heteroatoms. The maximum atomic E-state index is 13.8. The Balaban J connectivity index is 0.00000208. The lowest BCUT2D eigenvalue weighted by Crippen LogP contribution is -2.39. The molecule has 0 amide bonds. The first kappa shape index (κ1) is 19.1. The molecule has 3 nitrogen and oxygen atoms in total. The lowest BCUT2D eigenvalue weighted by atomic mass is 10.1. The molecule has 2 unspecified atom stereocenters. The van der Waals surface area contributed by atoms with Crippen molar-refractivity contribution in [1.82, 2.24) is 10.6 Å². The van der Waals surface area contributed by atoms with Crippen molar-refractivity contribution in [3.05, 3.63) is 57.8 Å². The van der Waals surface area contributed by atoms with Gasteiger partial charge in [-0.05, 0) is 36.4 Å². The monoisotopic (exact) mass is 463 g/mol. The Morgan fingerprint density at radius 2 is 2.00 bits per heavy atom. The Morgan fingerprint density at radius 3 is 2.62 bits per heavy atom. The molecule has 1 saturated carbocycles. The van der Waals surface area contributed by atoms with E-state index < -0.39 is 11.6 Å². The third-order valence-electron chi connectivity index (χ3n) is 3.95. The van der Waals surface area contributed by atoms with Gasteiger partial charge in [0.05, 0.1) is 0 Å². The summed E-state index contributed by atoms with van der Waals surface area (Å²) in [5, 5.41) is 8.53. The molecule has 0 bridgehead atoms. The van der Waals surface area contributed by atoms with Crippen LogP contribution in [-0.4, -0.2) is 25.6 Å². The van der Waals surface area contributed by atoms with Crippen LogP contribution >= 0.6 is 35.3 Å². The van der Waals surface area contributed by atoms with Crippen molar-refractivity contribution in [2.45, 2.75) is 24.8 Å². The molecule has 24 heavy (non-hydrogen) atoms. The van der Waals surface area contributed by atoms with Crippen molar-refractivity contribution in [2.75, 3.05) is 13.6 Å². The van der Waals surface area contributed by atoms with E-state index in [2.05, 4.69) is 27.1 Å². The minimum Gasteiger partial charge on any atom is -0.356 e. The average molecular weight is 463 g/mol. The Hall–Kier alpha value is -1.22. The molecule has 1 aliphatic rings. The van der Waals surface area contributed by atoms with Crippen LogP contribution in [0.3, 0.4) is 0 Å². The van der Waals surface area contributed by atoms with Crippen molar-refractivity contribution in [3.63, 3.8) is 0 Å². The highest BCUT2D eigenvalue weighted by Crippen LogP contribution is 2.42. The van der Waals surface area contributed by atoms with Crippen LogP contribution in [0.1, 0.15) is 22.8 Å². The number of guanidine groups is 1. The zero-order valence-corrected chi connectivity index (χ0v) is 16.4. The van der Waals surface area contributed by atoms with Crippen LogP contribution in [0.25, 0.3) is 0 Å². The first-order valence-electron chi connectivity index (χ1n) is 7.62. The molecule has 1 fully saturated rings. The molecule has 0 radical (unpaired) electrons. The van der Waals surface area contributed by atoms with Crippen molar-refractivity contribution < 1.29 is 8.78 Å². The molecule has 130 valence electrons. The van der Waals surface area contributed by atoms with Gasteiger partial charge in [0, 0.05) is 36.0 Å². The molecule has 2 atom stereocenters. The third-order valence-corrected chi connectivity index (χ3v) is 4.89. The first-order valence-corrected chi connectivity index (χ1v) is 8.50. The lowest BCUT2D eigenvalue weighted by molar-refractivity contribution is 0.553. The molecule has 2 aromatic rings. The minimum atomic E-state index is -0.472. The highest BCUT2D eigenvalue weighted by Gasteiger charge is 2.42. The van der Waals surface area contributed by atoms with Crippen molar-refractivity contribution in [2.24, 2.45) is 4.99 Å². The summed E-state index contributed by atoms with van der Waals surface area (Å²) >= 11 is 1.73.